The van der Waals surface area contributed by atoms with Crippen LogP contribution in [0, 0.1) is 12.1 Å². The largest absolute Gasteiger partial charge is 0.399 e. The molecule has 4 N–H and O–H groups in total. The van der Waals surface area contributed by atoms with E-state index in [0.717, 1.165) is 22.5 Å². The van der Waals surface area contributed by atoms with Gasteiger partial charge in [0.05, 0.1) is 13.2 Å². The molecule has 0 bridgehead atoms. The number of nitrogens with two attached hydrogens (primary N) is 2. The molecule has 4 nitrogen and oxygen atoms in total. The topological polar surface area (TPSA) is 70.5 Å². The number of benzene rings is 2. The predicted molar refractivity (Wildman–Crippen MR) is 87.0 cm³/mol. The van der Waals surface area contributed by atoms with Gasteiger partial charge in [0.25, 0.3) is 8.38 Å². The number of rotatable bonds is 6. The van der Waals surface area contributed by atoms with Crippen molar-refractivity contribution in [3.63, 3.8) is 0 Å². The Morgan fingerprint density at radius 2 is 1.19 bits per heavy atom. The molecule has 0 aliphatic rings. The van der Waals surface area contributed by atoms with Crippen LogP contribution in [0.1, 0.15) is 11.1 Å². The van der Waals surface area contributed by atoms with Gasteiger partial charge in [-0.15, -0.1) is 6.42 Å². The molecule has 0 spiro atoms. The first-order chi connectivity index (χ1) is 10.2. The molecule has 0 aromatic heterocycles. The van der Waals surface area contributed by atoms with Gasteiger partial charge >= 0.3 is 0 Å². The Bertz CT molecular complexity index is 556. The van der Waals surface area contributed by atoms with E-state index in [1.807, 2.05) is 48.5 Å². The van der Waals surface area contributed by atoms with E-state index in [4.69, 9.17) is 26.9 Å². The Hall–Kier alpha value is -2.05. The first-order valence-corrected chi connectivity index (χ1v) is 7.56. The van der Waals surface area contributed by atoms with Crippen LogP contribution in [0.4, 0.5) is 11.4 Å². The summed E-state index contributed by atoms with van der Waals surface area (Å²) in [7, 11) is -1.36. The molecule has 0 unspecified atom stereocenters. The Labute approximate surface area is 126 Å². The molecular formula is C16H17N2O2P. The van der Waals surface area contributed by atoms with Gasteiger partial charge in [0.1, 0.15) is 0 Å². The second-order valence-corrected chi connectivity index (χ2v) is 5.71. The molecule has 0 aliphatic carbocycles. The highest BCUT2D eigenvalue weighted by Gasteiger charge is 2.08. The molecule has 0 saturated heterocycles. The third-order valence-electron chi connectivity index (χ3n) is 2.76. The van der Waals surface area contributed by atoms with Crippen molar-refractivity contribution in [2.75, 3.05) is 11.5 Å². The zero-order valence-electron chi connectivity index (χ0n) is 11.5. The summed E-state index contributed by atoms with van der Waals surface area (Å²) in [6.07, 6.45) is 5.44. The molecular weight excluding hydrogens is 283 g/mol. The lowest BCUT2D eigenvalue weighted by atomic mass is 10.2. The lowest BCUT2D eigenvalue weighted by Gasteiger charge is -2.12. The van der Waals surface area contributed by atoms with Crippen molar-refractivity contribution in [1.82, 2.24) is 0 Å². The normalized spacial score (nSPS) is 10.5. The average Bonchev–Trinajstić information content (AvgIpc) is 2.51. The van der Waals surface area contributed by atoms with Gasteiger partial charge in [-0.2, -0.15) is 0 Å². The summed E-state index contributed by atoms with van der Waals surface area (Å²) in [6, 6.07) is 14.9. The van der Waals surface area contributed by atoms with Gasteiger partial charge in [0.15, 0.2) is 0 Å². The smallest absolute Gasteiger partial charge is 0.257 e. The van der Waals surface area contributed by atoms with Crippen molar-refractivity contribution < 1.29 is 9.05 Å². The molecule has 0 heterocycles. The summed E-state index contributed by atoms with van der Waals surface area (Å²) in [6.45, 7) is 0.801. The molecule has 0 saturated carbocycles. The molecule has 2 aromatic carbocycles. The van der Waals surface area contributed by atoms with Crippen molar-refractivity contribution in [3.05, 3.63) is 59.7 Å². The van der Waals surface area contributed by atoms with Gasteiger partial charge in [0.2, 0.25) is 0 Å². The number of terminal acetylenes is 1. The van der Waals surface area contributed by atoms with Gasteiger partial charge in [-0.1, -0.05) is 24.3 Å². The molecule has 21 heavy (non-hydrogen) atoms. The van der Waals surface area contributed by atoms with Crippen LogP contribution in [-0.4, -0.2) is 0 Å². The minimum atomic E-state index is -1.36. The van der Waals surface area contributed by atoms with Crippen LogP contribution in [0.25, 0.3) is 0 Å². The minimum Gasteiger partial charge on any atom is -0.399 e. The first-order valence-electron chi connectivity index (χ1n) is 6.38. The van der Waals surface area contributed by atoms with Crippen molar-refractivity contribution >= 4 is 19.8 Å². The maximum Gasteiger partial charge on any atom is 0.257 e. The summed E-state index contributed by atoms with van der Waals surface area (Å²) < 4.78 is 11.2. The zero-order chi connectivity index (χ0) is 15.1. The van der Waals surface area contributed by atoms with Crippen molar-refractivity contribution in [2.45, 2.75) is 13.2 Å². The molecule has 0 atom stereocenters. The lowest BCUT2D eigenvalue weighted by molar-refractivity contribution is 0.243. The standard InChI is InChI=1S/C16H17N2O2P/c1-2-21(19-11-13-3-7-15(17)8-4-13)20-12-14-5-9-16(18)10-6-14/h1,3-10H,11-12,17-18H2. The fourth-order valence-corrected chi connectivity index (χ4v) is 2.36. The number of hydrogen-bond acceptors (Lipinski definition) is 4. The third kappa shape index (κ3) is 5.09. The number of nitrogen functional groups attached to an aromatic ring is 2. The van der Waals surface area contributed by atoms with Gasteiger partial charge in [-0.05, 0) is 41.1 Å². The fourth-order valence-electron chi connectivity index (χ4n) is 1.61. The van der Waals surface area contributed by atoms with E-state index in [1.54, 1.807) is 0 Å². The molecule has 0 aliphatic heterocycles. The Morgan fingerprint density at radius 1 is 0.810 bits per heavy atom. The summed E-state index contributed by atoms with van der Waals surface area (Å²) in [5.41, 5.74) is 17.2. The van der Waals surface area contributed by atoms with E-state index in [9.17, 15) is 0 Å². The lowest BCUT2D eigenvalue weighted by Crippen LogP contribution is -1.94. The molecule has 108 valence electrons. The summed E-state index contributed by atoms with van der Waals surface area (Å²) in [5.74, 6) is 0. The first kappa shape index (κ1) is 15.3. The fraction of sp³-hybridized carbons (Fsp3) is 0.125. The number of hydrogen-bond donors (Lipinski definition) is 2. The third-order valence-corrected chi connectivity index (χ3v) is 3.70. The zero-order valence-corrected chi connectivity index (χ0v) is 12.4. The summed E-state index contributed by atoms with van der Waals surface area (Å²) in [4.78, 5) is 0. The van der Waals surface area contributed by atoms with E-state index in [-0.39, 0.29) is 0 Å². The Kier molecular flexibility index (Phi) is 5.59. The highest BCUT2D eigenvalue weighted by Crippen LogP contribution is 2.38. The van der Waals surface area contributed by atoms with Gasteiger partial charge in [0, 0.05) is 11.4 Å². The second-order valence-electron chi connectivity index (χ2n) is 4.42. The summed E-state index contributed by atoms with van der Waals surface area (Å²) in [5, 5.41) is 0. The molecule has 2 rings (SSSR count). The molecule has 0 radical (unpaired) electrons. The minimum absolute atomic E-state index is 0.401. The van der Waals surface area contributed by atoms with Crippen LogP contribution < -0.4 is 11.5 Å². The van der Waals surface area contributed by atoms with Crippen LogP contribution in [0.15, 0.2) is 48.5 Å². The highest BCUT2D eigenvalue weighted by atomic mass is 31.2. The van der Waals surface area contributed by atoms with Gasteiger partial charge < -0.3 is 20.5 Å². The van der Waals surface area contributed by atoms with E-state index in [1.165, 1.54) is 0 Å². The van der Waals surface area contributed by atoms with Crippen LogP contribution in [0.3, 0.4) is 0 Å². The van der Waals surface area contributed by atoms with E-state index < -0.39 is 8.38 Å². The molecule has 0 amide bonds. The van der Waals surface area contributed by atoms with Gasteiger partial charge in [-0.25, -0.2) is 0 Å². The van der Waals surface area contributed by atoms with E-state index >= 15 is 0 Å². The van der Waals surface area contributed by atoms with Crippen LogP contribution in [0.5, 0.6) is 0 Å². The Balaban J connectivity index is 1.81. The van der Waals surface area contributed by atoms with Crippen LogP contribution >= 0.6 is 8.38 Å². The Morgan fingerprint density at radius 3 is 1.52 bits per heavy atom. The van der Waals surface area contributed by atoms with Crippen molar-refractivity contribution in [3.8, 4) is 12.1 Å². The maximum absolute atomic E-state index is 5.63. The maximum atomic E-state index is 5.63. The number of anilines is 2. The monoisotopic (exact) mass is 300 g/mol. The summed E-state index contributed by atoms with van der Waals surface area (Å²) >= 11 is 0. The van der Waals surface area contributed by atoms with Crippen LogP contribution in [0.2, 0.25) is 0 Å². The quantitative estimate of drug-likeness (QED) is 0.487. The van der Waals surface area contributed by atoms with Gasteiger partial charge in [-0.3, -0.25) is 0 Å². The van der Waals surface area contributed by atoms with Crippen molar-refractivity contribution in [1.29, 1.82) is 0 Å². The molecule has 0 fully saturated rings. The molecule has 2 aromatic rings. The highest BCUT2D eigenvalue weighted by molar-refractivity contribution is 7.52. The molecule has 5 heteroatoms. The second kappa shape index (κ2) is 7.66. The average molecular weight is 300 g/mol. The van der Waals surface area contributed by atoms with Crippen LogP contribution in [-0.2, 0) is 22.3 Å². The van der Waals surface area contributed by atoms with E-state index in [0.29, 0.717) is 13.2 Å². The SMILES string of the molecule is C#CP(OCc1ccc(N)cc1)OCc1ccc(N)cc1. The van der Waals surface area contributed by atoms with E-state index in [2.05, 4.69) is 5.66 Å². The van der Waals surface area contributed by atoms with Crippen molar-refractivity contribution in [2.24, 2.45) is 0 Å². The predicted octanol–water partition coefficient (Wildman–Crippen LogP) is 3.49.